The van der Waals surface area contributed by atoms with E-state index in [1.54, 1.807) is 6.20 Å². The van der Waals surface area contributed by atoms with Crippen molar-refractivity contribution < 1.29 is 25.9 Å². The molecule has 0 spiro atoms. The van der Waals surface area contributed by atoms with Gasteiger partial charge in [0.15, 0.2) is 0 Å². The molecule has 279 valence electrons. The molecule has 0 unspecified atom stereocenters. The molecule has 8 rings (SSSR count). The molecule has 0 saturated heterocycles. The molecule has 0 saturated carbocycles. The van der Waals surface area contributed by atoms with Gasteiger partial charge in [-0.05, 0) is 28.4 Å². The van der Waals surface area contributed by atoms with Gasteiger partial charge >= 0.3 is 155 Å². The third-order valence-electron chi connectivity index (χ3n) is 9.91. The summed E-state index contributed by atoms with van der Waals surface area (Å²) >= 11 is -1.83. The molecule has 0 aliphatic heterocycles. The molecule has 3 nitrogen and oxygen atoms in total. The molecule has 0 fully saturated rings. The fourth-order valence-electron chi connectivity index (χ4n) is 6.52. The summed E-state index contributed by atoms with van der Waals surface area (Å²) in [5, 5.41) is 3.53. The molecule has 0 atom stereocenters. The van der Waals surface area contributed by atoms with Gasteiger partial charge in [0.05, 0.1) is 8.07 Å². The monoisotopic (exact) mass is 976 g/mol. The Labute approximate surface area is 345 Å². The number of rotatable bonds is 7. The van der Waals surface area contributed by atoms with E-state index in [-0.39, 0.29) is 20.1 Å². The molecule has 3 aromatic heterocycles. The van der Waals surface area contributed by atoms with Gasteiger partial charge < -0.3 is 4.98 Å². The molecule has 0 N–H and O–H groups in total. The number of nitrogens with zero attached hydrogens (tertiary/aromatic N) is 2. The summed E-state index contributed by atoms with van der Waals surface area (Å²) in [5.41, 5.74) is 11.2. The quantitative estimate of drug-likeness (QED) is 0.118. The van der Waals surface area contributed by atoms with E-state index >= 15 is 0 Å². The standard InChI is InChI=1S/C29H28GeNO.C20H20NSi.Ir/c1-19(2)21-14-15-31-27(18-21)23-9-13-29-26(17-23)25-16-22(8-12-28(25)32-29)20-6-10-24(11-7-20)30(3,4)5;1-22(2,3)19-12-13-20(21-15-19)18-11-7-10-17(14-18)16-8-5-4-6-9-16;/h6-8,10-19H,1-5H3;4-10,12-15H,1-3H3;/q2*-1;/i19D;;. The van der Waals surface area contributed by atoms with E-state index in [0.717, 1.165) is 50.0 Å². The molecular weight excluding hydrogens is 925 g/mol. The van der Waals surface area contributed by atoms with Crippen molar-refractivity contribution in [2.24, 2.45) is 0 Å². The Bertz CT molecular complexity index is 2590. The van der Waals surface area contributed by atoms with Crippen molar-refractivity contribution in [3.63, 3.8) is 0 Å². The molecule has 6 heteroatoms. The maximum atomic E-state index is 8.35. The Morgan fingerprint density at radius 1 is 0.655 bits per heavy atom. The van der Waals surface area contributed by atoms with E-state index in [1.165, 1.54) is 31.8 Å². The zero-order valence-corrected chi connectivity index (χ0v) is 38.4. The van der Waals surface area contributed by atoms with Crippen LogP contribution >= 0.6 is 0 Å². The molecule has 5 aromatic carbocycles. The minimum Gasteiger partial charge on any atom is 0 e. The molecule has 0 bridgehead atoms. The second-order valence-electron chi connectivity index (χ2n) is 16.2. The van der Waals surface area contributed by atoms with Crippen molar-refractivity contribution >= 4 is 52.9 Å². The van der Waals surface area contributed by atoms with Gasteiger partial charge in [-0.25, -0.2) is 0 Å². The first-order valence-corrected chi connectivity index (χ1v) is 29.5. The van der Waals surface area contributed by atoms with E-state index in [0.29, 0.717) is 0 Å². The van der Waals surface area contributed by atoms with E-state index < -0.39 is 27.2 Å². The van der Waals surface area contributed by atoms with Gasteiger partial charge in [-0.15, -0.1) is 35.4 Å². The Kier molecular flexibility index (Phi) is 11.8. The zero-order chi connectivity index (χ0) is 39.0. The van der Waals surface area contributed by atoms with Crippen LogP contribution in [0, 0.1) is 12.1 Å². The van der Waals surface area contributed by atoms with Crippen LogP contribution in [0.25, 0.3) is 66.7 Å². The Balaban J connectivity index is 0.000000202. The molecule has 55 heavy (non-hydrogen) atoms. The number of pyridine rings is 2. The summed E-state index contributed by atoms with van der Waals surface area (Å²) in [6.45, 7) is 10.8. The van der Waals surface area contributed by atoms with E-state index in [4.69, 9.17) is 5.79 Å². The van der Waals surface area contributed by atoms with Crippen molar-refractivity contribution in [1.82, 2.24) is 9.97 Å². The predicted molar refractivity (Wildman–Crippen MR) is 235 cm³/mol. The van der Waals surface area contributed by atoms with Crippen molar-refractivity contribution in [1.29, 1.82) is 0 Å². The fourth-order valence-corrected chi connectivity index (χ4v) is 10.0. The number of hydrogen-bond acceptors (Lipinski definition) is 3. The topological polar surface area (TPSA) is 38.9 Å². The average Bonchev–Trinajstić information content (AvgIpc) is 3.55. The third-order valence-corrected chi connectivity index (χ3v) is 16.3. The zero-order valence-electron chi connectivity index (χ0n) is 33.9. The average molecular weight is 975 g/mol. The third kappa shape index (κ3) is 9.36. The van der Waals surface area contributed by atoms with Gasteiger partial charge in [0.2, 0.25) is 0 Å². The predicted octanol–water partition coefficient (Wildman–Crippen LogP) is 12.5. The first kappa shape index (κ1) is 38.9. The van der Waals surface area contributed by atoms with E-state index in [2.05, 4.69) is 156 Å². The molecule has 1 radical (unpaired) electrons. The Hall–Kier alpha value is -4.39. The first-order chi connectivity index (χ1) is 26.1. The molecular formula is C49H48GeIrN2OSi-2. The second-order valence-corrected chi connectivity index (χ2v) is 32.0. The first-order valence-electron chi connectivity index (χ1n) is 19.1. The molecule has 8 aromatic rings. The van der Waals surface area contributed by atoms with Crippen molar-refractivity contribution in [3.05, 3.63) is 157 Å². The number of hydrogen-bond donors (Lipinski definition) is 0. The summed E-state index contributed by atoms with van der Waals surface area (Å²) < 4.78 is 16.0. The number of furan rings is 1. The van der Waals surface area contributed by atoms with Gasteiger partial charge in [-0.3, -0.25) is 0 Å². The van der Waals surface area contributed by atoms with Crippen molar-refractivity contribution in [2.45, 2.75) is 56.7 Å². The van der Waals surface area contributed by atoms with Crippen LogP contribution in [0.3, 0.4) is 0 Å². The SMILES string of the molecule is C[Si](C)(C)c1ccc(-c2[c-]ccc(-c3ccccc3)c2)nc1.[2H]C(C)(C)c1ccnc(-c2[c-]cc3oc4ccc(-c5cc[c]([Ge]([CH3])([CH3])[CH3])cc5)cc4c3c2)c1.[Ir]. The van der Waals surface area contributed by atoms with Crippen LogP contribution in [0.5, 0.6) is 0 Å². The summed E-state index contributed by atoms with van der Waals surface area (Å²) in [7, 11) is -1.29. The molecule has 0 aliphatic rings. The minimum atomic E-state index is -1.83. The summed E-state index contributed by atoms with van der Waals surface area (Å²) in [4.78, 5) is 9.20. The van der Waals surface area contributed by atoms with Gasteiger partial charge in [0.25, 0.3) is 0 Å². The summed E-state index contributed by atoms with van der Waals surface area (Å²) in [6, 6.07) is 51.0. The molecule has 0 aliphatic carbocycles. The van der Waals surface area contributed by atoms with E-state index in [1.807, 2.05) is 50.4 Å². The Morgan fingerprint density at radius 3 is 2.00 bits per heavy atom. The van der Waals surface area contributed by atoms with Gasteiger partial charge in [0.1, 0.15) is 0 Å². The van der Waals surface area contributed by atoms with Crippen LogP contribution in [0.2, 0.25) is 36.9 Å². The summed E-state index contributed by atoms with van der Waals surface area (Å²) in [6.07, 6.45) is 3.81. The molecule has 0 amide bonds. The van der Waals surface area contributed by atoms with E-state index in [9.17, 15) is 0 Å². The number of aromatic nitrogens is 2. The van der Waals surface area contributed by atoms with Gasteiger partial charge in [-0.1, -0.05) is 81.5 Å². The number of fused-ring (bicyclic) bond motifs is 3. The van der Waals surface area contributed by atoms with Crippen LogP contribution in [-0.4, -0.2) is 31.3 Å². The van der Waals surface area contributed by atoms with Gasteiger partial charge in [0, 0.05) is 33.9 Å². The second kappa shape index (κ2) is 16.8. The van der Waals surface area contributed by atoms with Crippen LogP contribution in [0.4, 0.5) is 0 Å². The number of benzene rings is 5. The van der Waals surface area contributed by atoms with Crippen molar-refractivity contribution in [3.8, 4) is 44.8 Å². The maximum absolute atomic E-state index is 8.35. The molecule has 3 heterocycles. The minimum absolute atomic E-state index is 0. The smallest absolute Gasteiger partial charge is 0 e. The van der Waals surface area contributed by atoms with Crippen LogP contribution in [0.15, 0.2) is 144 Å². The fraction of sp³-hybridized carbons (Fsp3) is 0.184. The van der Waals surface area contributed by atoms with Gasteiger partial charge in [-0.2, -0.15) is 0 Å². The van der Waals surface area contributed by atoms with Crippen LogP contribution < -0.4 is 9.58 Å². The normalized spacial score (nSPS) is 12.1. The van der Waals surface area contributed by atoms with Crippen LogP contribution in [0.1, 0.15) is 26.7 Å². The van der Waals surface area contributed by atoms with Crippen molar-refractivity contribution in [2.75, 3.05) is 0 Å². The van der Waals surface area contributed by atoms with Crippen LogP contribution in [-0.2, 0) is 20.1 Å². The Morgan fingerprint density at radius 2 is 1.33 bits per heavy atom. The summed E-state index contributed by atoms with van der Waals surface area (Å²) in [5.74, 6) is 6.58.